The predicted molar refractivity (Wildman–Crippen MR) is 120 cm³/mol. The highest BCUT2D eigenvalue weighted by Gasteiger charge is 2.64. The molecule has 6 nitrogen and oxygen atoms in total. The maximum atomic E-state index is 13.0. The molecule has 2 aliphatic rings. The first-order chi connectivity index (χ1) is 14.6. The fourth-order valence-corrected chi connectivity index (χ4v) is 7.19. The zero-order valence-corrected chi connectivity index (χ0v) is 19.9. The lowest BCUT2D eigenvalue weighted by molar-refractivity contribution is -0.168. The van der Waals surface area contributed by atoms with Crippen molar-refractivity contribution in [2.24, 2.45) is 10.8 Å². The predicted octanol–water partition coefficient (Wildman–Crippen LogP) is 3.82. The SMILES string of the molecule is COC(=O)C(C)(CCCC1SC[C@]2(C)CC(=O)N(Cc3ccccc3)[C@]12C)C(=O)OC. The summed E-state index contributed by atoms with van der Waals surface area (Å²) in [5.41, 5.74) is -0.563. The van der Waals surface area contributed by atoms with Crippen LogP contribution in [0.4, 0.5) is 0 Å². The van der Waals surface area contributed by atoms with Gasteiger partial charge in [0.25, 0.3) is 0 Å². The largest absolute Gasteiger partial charge is 0.468 e. The van der Waals surface area contributed by atoms with Crippen LogP contribution in [0.15, 0.2) is 30.3 Å². The van der Waals surface area contributed by atoms with Crippen LogP contribution in [0.5, 0.6) is 0 Å². The van der Waals surface area contributed by atoms with Gasteiger partial charge in [-0.15, -0.1) is 0 Å². The first-order valence-electron chi connectivity index (χ1n) is 10.8. The van der Waals surface area contributed by atoms with E-state index in [9.17, 15) is 14.4 Å². The van der Waals surface area contributed by atoms with Crippen molar-refractivity contribution in [3.8, 4) is 0 Å². The first-order valence-corrected chi connectivity index (χ1v) is 11.8. The second-order valence-electron chi connectivity index (χ2n) is 9.36. The number of thioether (sulfide) groups is 1. The van der Waals surface area contributed by atoms with E-state index in [1.54, 1.807) is 6.92 Å². The van der Waals surface area contributed by atoms with Crippen LogP contribution >= 0.6 is 11.8 Å². The summed E-state index contributed by atoms with van der Waals surface area (Å²) in [5, 5.41) is 0.229. The normalized spacial score (nSPS) is 27.8. The molecule has 0 aliphatic carbocycles. The van der Waals surface area contributed by atoms with Crippen LogP contribution in [0.2, 0.25) is 0 Å². The van der Waals surface area contributed by atoms with Crippen LogP contribution in [-0.2, 0) is 30.4 Å². The summed E-state index contributed by atoms with van der Waals surface area (Å²) in [6.07, 6.45) is 2.38. The van der Waals surface area contributed by atoms with Gasteiger partial charge in [0.05, 0.1) is 19.8 Å². The molecular weight excluding hydrogens is 414 g/mol. The van der Waals surface area contributed by atoms with Crippen LogP contribution < -0.4 is 0 Å². The number of hydrogen-bond acceptors (Lipinski definition) is 6. The van der Waals surface area contributed by atoms with Crippen molar-refractivity contribution in [3.63, 3.8) is 0 Å². The molecule has 170 valence electrons. The van der Waals surface area contributed by atoms with E-state index in [4.69, 9.17) is 9.47 Å². The molecule has 0 saturated carbocycles. The Kier molecular flexibility index (Phi) is 6.75. The molecule has 2 aliphatic heterocycles. The van der Waals surface area contributed by atoms with Gasteiger partial charge in [-0.1, -0.05) is 43.7 Å². The topological polar surface area (TPSA) is 72.9 Å². The molecular formula is C24H33NO5S. The van der Waals surface area contributed by atoms with Gasteiger partial charge in [0.2, 0.25) is 5.91 Å². The van der Waals surface area contributed by atoms with Gasteiger partial charge in [-0.2, -0.15) is 11.8 Å². The molecule has 0 bridgehead atoms. The van der Waals surface area contributed by atoms with Crippen LogP contribution in [0.3, 0.4) is 0 Å². The zero-order chi connectivity index (χ0) is 22.9. The summed E-state index contributed by atoms with van der Waals surface area (Å²) < 4.78 is 9.73. The van der Waals surface area contributed by atoms with Gasteiger partial charge in [0.15, 0.2) is 5.41 Å². The Morgan fingerprint density at radius 1 is 1.16 bits per heavy atom. The second-order valence-corrected chi connectivity index (χ2v) is 10.5. The van der Waals surface area contributed by atoms with Gasteiger partial charge in [-0.3, -0.25) is 14.4 Å². The average Bonchev–Trinajstić information content (AvgIpc) is 3.12. The minimum absolute atomic E-state index is 0.0950. The number of amides is 1. The van der Waals surface area contributed by atoms with E-state index in [0.29, 0.717) is 25.8 Å². The Bertz CT molecular complexity index is 828. The van der Waals surface area contributed by atoms with Gasteiger partial charge >= 0.3 is 11.9 Å². The van der Waals surface area contributed by atoms with Crippen molar-refractivity contribution in [1.82, 2.24) is 4.90 Å². The Hall–Kier alpha value is -2.02. The van der Waals surface area contributed by atoms with E-state index in [1.165, 1.54) is 14.2 Å². The third kappa shape index (κ3) is 3.97. The molecule has 1 aromatic rings. The van der Waals surface area contributed by atoms with Crippen LogP contribution in [0.25, 0.3) is 0 Å². The molecule has 0 spiro atoms. The van der Waals surface area contributed by atoms with Gasteiger partial charge in [0, 0.05) is 29.4 Å². The quantitative estimate of drug-likeness (QED) is 0.446. The maximum absolute atomic E-state index is 13.0. The number of esters is 2. The standard InChI is InChI=1S/C24H33NO5S/c1-22-14-19(26)25(15-17-10-7-6-8-11-17)24(22,3)18(31-16-22)12-9-13-23(2,20(27)29-4)21(28)30-5/h6-8,10-11,18H,9,12-16H2,1-5H3/t18?,22-,24+/m0/s1. The number of benzene rings is 1. The van der Waals surface area contributed by atoms with E-state index < -0.39 is 17.4 Å². The first kappa shape index (κ1) is 23.6. The fourth-order valence-electron chi connectivity index (χ4n) is 5.16. The Labute approximate surface area is 189 Å². The van der Waals surface area contributed by atoms with Crippen LogP contribution in [0.1, 0.15) is 52.0 Å². The lowest BCUT2D eigenvalue weighted by Crippen LogP contribution is -2.54. The van der Waals surface area contributed by atoms with Gasteiger partial charge in [-0.05, 0) is 32.3 Å². The number of likely N-dealkylation sites (tertiary alicyclic amines) is 1. The lowest BCUT2D eigenvalue weighted by atomic mass is 9.71. The molecule has 2 heterocycles. The van der Waals surface area contributed by atoms with Crippen LogP contribution in [-0.4, -0.2) is 53.5 Å². The lowest BCUT2D eigenvalue weighted by Gasteiger charge is -2.44. The number of fused-ring (bicyclic) bond motifs is 1. The van der Waals surface area contributed by atoms with E-state index >= 15 is 0 Å². The van der Waals surface area contributed by atoms with Crippen molar-refractivity contribution in [2.45, 2.75) is 63.8 Å². The third-order valence-electron chi connectivity index (χ3n) is 7.45. The average molecular weight is 448 g/mol. The highest BCUT2D eigenvalue weighted by Crippen LogP contribution is 2.59. The monoisotopic (exact) mass is 447 g/mol. The van der Waals surface area contributed by atoms with Gasteiger partial charge in [0.1, 0.15) is 0 Å². The molecule has 1 unspecified atom stereocenters. The van der Waals surface area contributed by atoms with Gasteiger partial charge < -0.3 is 14.4 Å². The summed E-state index contributed by atoms with van der Waals surface area (Å²) in [7, 11) is 2.57. The summed E-state index contributed by atoms with van der Waals surface area (Å²) in [4.78, 5) is 39.6. The van der Waals surface area contributed by atoms with Crippen molar-refractivity contribution in [1.29, 1.82) is 0 Å². The molecule has 3 atom stereocenters. The number of methoxy groups -OCH3 is 2. The Morgan fingerprint density at radius 2 is 1.77 bits per heavy atom. The number of carbonyl (C=O) groups is 3. The summed E-state index contributed by atoms with van der Waals surface area (Å²) >= 11 is 1.90. The zero-order valence-electron chi connectivity index (χ0n) is 19.1. The summed E-state index contributed by atoms with van der Waals surface area (Å²) in [6.45, 7) is 6.62. The Balaban J connectivity index is 1.76. The Morgan fingerprint density at radius 3 is 2.35 bits per heavy atom. The molecule has 2 saturated heterocycles. The minimum Gasteiger partial charge on any atom is -0.468 e. The number of hydrogen-bond donors (Lipinski definition) is 0. The molecule has 0 radical (unpaired) electrons. The number of rotatable bonds is 8. The summed E-state index contributed by atoms with van der Waals surface area (Å²) in [5.74, 6) is -0.0169. The minimum atomic E-state index is -1.31. The molecule has 31 heavy (non-hydrogen) atoms. The van der Waals surface area contributed by atoms with E-state index in [2.05, 4.69) is 30.9 Å². The third-order valence-corrected chi connectivity index (χ3v) is 9.35. The number of carbonyl (C=O) groups excluding carboxylic acids is 3. The molecule has 2 fully saturated rings. The molecule has 0 aromatic heterocycles. The van der Waals surface area contributed by atoms with E-state index in [-0.39, 0.29) is 22.1 Å². The van der Waals surface area contributed by atoms with Crippen molar-refractivity contribution < 1.29 is 23.9 Å². The highest BCUT2D eigenvalue weighted by molar-refractivity contribution is 8.00. The fraction of sp³-hybridized carbons (Fsp3) is 0.625. The van der Waals surface area contributed by atoms with Crippen molar-refractivity contribution in [2.75, 3.05) is 20.0 Å². The van der Waals surface area contributed by atoms with Gasteiger partial charge in [-0.25, -0.2) is 0 Å². The van der Waals surface area contributed by atoms with E-state index in [0.717, 1.165) is 17.7 Å². The smallest absolute Gasteiger partial charge is 0.322 e. The molecule has 0 N–H and O–H groups in total. The van der Waals surface area contributed by atoms with Crippen molar-refractivity contribution >= 4 is 29.6 Å². The molecule has 1 aromatic carbocycles. The summed E-state index contributed by atoms with van der Waals surface area (Å²) in [6, 6.07) is 10.1. The van der Waals surface area contributed by atoms with Crippen molar-refractivity contribution in [3.05, 3.63) is 35.9 Å². The number of nitrogens with zero attached hydrogens (tertiary/aromatic N) is 1. The maximum Gasteiger partial charge on any atom is 0.322 e. The molecule has 1 amide bonds. The van der Waals surface area contributed by atoms with Crippen LogP contribution in [0, 0.1) is 10.8 Å². The number of ether oxygens (including phenoxy) is 2. The second kappa shape index (κ2) is 8.85. The molecule has 7 heteroatoms. The molecule has 3 rings (SSSR count). The van der Waals surface area contributed by atoms with E-state index in [1.807, 2.05) is 30.0 Å². The highest BCUT2D eigenvalue weighted by atomic mass is 32.2.